The summed E-state index contributed by atoms with van der Waals surface area (Å²) in [6.07, 6.45) is 3.92. The van der Waals surface area contributed by atoms with Crippen LogP contribution in [0.3, 0.4) is 0 Å². The van der Waals surface area contributed by atoms with E-state index in [0.717, 1.165) is 12.0 Å². The number of anilines is 1. The molecule has 0 bridgehead atoms. The lowest BCUT2D eigenvalue weighted by Crippen LogP contribution is -2.48. The lowest BCUT2D eigenvalue weighted by molar-refractivity contribution is -0.111. The van der Waals surface area contributed by atoms with Crippen LogP contribution in [0.2, 0.25) is 0 Å². The topological polar surface area (TPSA) is 23.6 Å². The Kier molecular flexibility index (Phi) is 2.77. The summed E-state index contributed by atoms with van der Waals surface area (Å²) in [5.74, 6) is 0. The molecule has 1 aromatic rings. The highest BCUT2D eigenvalue weighted by Gasteiger charge is 2.28. The summed E-state index contributed by atoms with van der Waals surface area (Å²) in [7, 11) is 0. The third-order valence-corrected chi connectivity index (χ3v) is 2.80. The van der Waals surface area contributed by atoms with Crippen molar-refractivity contribution in [1.82, 2.24) is 4.90 Å². The number of carbonyl (C=O) groups is 1. The molecule has 0 amide bonds. The quantitative estimate of drug-likeness (QED) is 0.720. The van der Waals surface area contributed by atoms with Crippen LogP contribution in [0.25, 0.3) is 0 Å². The van der Waals surface area contributed by atoms with Gasteiger partial charge in [0.15, 0.2) is 12.5 Å². The molecule has 1 aliphatic rings. The predicted molar refractivity (Wildman–Crippen MR) is 64.7 cm³/mol. The van der Waals surface area contributed by atoms with Gasteiger partial charge < -0.3 is 9.80 Å². The van der Waals surface area contributed by atoms with Crippen molar-refractivity contribution in [3.05, 3.63) is 55.4 Å². The molecule has 0 aliphatic carbocycles. The molecule has 0 fully saturated rings. The standard InChI is InChI=1S/C13H14N2O/c1-3-14-9-11-7-5-6-8-12(11)15(4-2)13(14)10-16/h3-8,10,13H,1-2,9H2. The molecule has 0 spiro atoms. The van der Waals surface area contributed by atoms with Crippen LogP contribution in [0.15, 0.2) is 49.8 Å². The fraction of sp³-hybridized carbons (Fsp3) is 0.154. The zero-order valence-corrected chi connectivity index (χ0v) is 9.04. The number of fused-ring (bicyclic) bond motifs is 1. The maximum Gasteiger partial charge on any atom is 0.163 e. The Morgan fingerprint density at radius 2 is 2.00 bits per heavy atom. The highest BCUT2D eigenvalue weighted by atomic mass is 16.1. The van der Waals surface area contributed by atoms with Gasteiger partial charge >= 0.3 is 0 Å². The van der Waals surface area contributed by atoms with E-state index in [1.807, 2.05) is 34.1 Å². The van der Waals surface area contributed by atoms with Crippen LogP contribution >= 0.6 is 0 Å². The van der Waals surface area contributed by atoms with E-state index < -0.39 is 0 Å². The van der Waals surface area contributed by atoms with E-state index in [4.69, 9.17) is 0 Å². The molecule has 1 atom stereocenters. The zero-order chi connectivity index (χ0) is 11.5. The van der Waals surface area contributed by atoms with E-state index in [1.54, 1.807) is 12.4 Å². The van der Waals surface area contributed by atoms with E-state index in [0.29, 0.717) is 6.54 Å². The SMILES string of the molecule is C=CN1Cc2ccccc2N(C=C)C1C=O. The average molecular weight is 214 g/mol. The minimum atomic E-state index is -0.343. The van der Waals surface area contributed by atoms with Crippen molar-refractivity contribution in [3.63, 3.8) is 0 Å². The molecule has 0 saturated heterocycles. The molecule has 2 rings (SSSR count). The Hall–Kier alpha value is -2.03. The van der Waals surface area contributed by atoms with Crippen LogP contribution < -0.4 is 4.90 Å². The number of carbonyl (C=O) groups excluding carboxylic acids is 1. The van der Waals surface area contributed by atoms with Crippen molar-refractivity contribution >= 4 is 12.0 Å². The van der Waals surface area contributed by atoms with Crippen LogP contribution in [0.5, 0.6) is 0 Å². The summed E-state index contributed by atoms with van der Waals surface area (Å²) < 4.78 is 0. The van der Waals surface area contributed by atoms with Crippen LogP contribution in [0.4, 0.5) is 5.69 Å². The smallest absolute Gasteiger partial charge is 0.163 e. The van der Waals surface area contributed by atoms with Gasteiger partial charge in [0.1, 0.15) is 0 Å². The molecule has 3 nitrogen and oxygen atoms in total. The molecule has 3 heteroatoms. The maximum atomic E-state index is 11.1. The van der Waals surface area contributed by atoms with Crippen molar-refractivity contribution in [1.29, 1.82) is 0 Å². The first kappa shape index (κ1) is 10.5. The third-order valence-electron chi connectivity index (χ3n) is 2.80. The van der Waals surface area contributed by atoms with Crippen molar-refractivity contribution < 1.29 is 4.79 Å². The fourth-order valence-corrected chi connectivity index (χ4v) is 2.01. The third kappa shape index (κ3) is 1.50. The van der Waals surface area contributed by atoms with Crippen LogP contribution in [-0.2, 0) is 11.3 Å². The second kappa shape index (κ2) is 4.23. The summed E-state index contributed by atoms with van der Waals surface area (Å²) in [5, 5.41) is 0. The van der Waals surface area contributed by atoms with Crippen molar-refractivity contribution in [2.24, 2.45) is 0 Å². The van der Waals surface area contributed by atoms with Gasteiger partial charge in [-0.2, -0.15) is 0 Å². The molecule has 0 radical (unpaired) electrons. The van der Waals surface area contributed by atoms with Gasteiger partial charge in [-0.1, -0.05) is 31.4 Å². The molecule has 0 saturated carbocycles. The molecule has 16 heavy (non-hydrogen) atoms. The zero-order valence-electron chi connectivity index (χ0n) is 9.04. The number of nitrogens with zero attached hydrogens (tertiary/aromatic N) is 2. The molecule has 82 valence electrons. The van der Waals surface area contributed by atoms with E-state index in [2.05, 4.69) is 13.2 Å². The molecule has 1 aliphatic heterocycles. The lowest BCUT2D eigenvalue weighted by atomic mass is 10.1. The molecular weight excluding hydrogens is 200 g/mol. The second-order valence-corrected chi connectivity index (χ2v) is 3.62. The summed E-state index contributed by atoms with van der Waals surface area (Å²) in [6, 6.07) is 7.99. The predicted octanol–water partition coefficient (Wildman–Crippen LogP) is 2.12. The molecule has 0 aromatic heterocycles. The first-order chi connectivity index (χ1) is 7.81. The minimum absolute atomic E-state index is 0.343. The minimum Gasteiger partial charge on any atom is -0.347 e. The number of para-hydroxylation sites is 1. The largest absolute Gasteiger partial charge is 0.347 e. The number of benzene rings is 1. The maximum absolute atomic E-state index is 11.1. The Balaban J connectivity index is 2.50. The van der Waals surface area contributed by atoms with Crippen LogP contribution in [0, 0.1) is 0 Å². The Labute approximate surface area is 95.3 Å². The summed E-state index contributed by atoms with van der Waals surface area (Å²) in [5.41, 5.74) is 2.20. The van der Waals surface area contributed by atoms with Crippen molar-refractivity contribution in [3.8, 4) is 0 Å². The first-order valence-electron chi connectivity index (χ1n) is 5.14. The van der Waals surface area contributed by atoms with Gasteiger partial charge in [-0.15, -0.1) is 0 Å². The van der Waals surface area contributed by atoms with E-state index in [9.17, 15) is 4.79 Å². The summed E-state index contributed by atoms with van der Waals surface area (Å²) in [4.78, 5) is 14.9. The molecule has 1 heterocycles. The van der Waals surface area contributed by atoms with Gasteiger partial charge in [0.25, 0.3) is 0 Å². The molecule has 0 N–H and O–H groups in total. The summed E-state index contributed by atoms with van der Waals surface area (Å²) >= 11 is 0. The van der Waals surface area contributed by atoms with Gasteiger partial charge in [-0.25, -0.2) is 0 Å². The molecule has 1 unspecified atom stereocenters. The van der Waals surface area contributed by atoms with E-state index in [1.165, 1.54) is 5.56 Å². The van der Waals surface area contributed by atoms with Gasteiger partial charge in [0.05, 0.1) is 0 Å². The monoisotopic (exact) mass is 214 g/mol. The van der Waals surface area contributed by atoms with Crippen molar-refractivity contribution in [2.75, 3.05) is 4.90 Å². The Morgan fingerprint density at radius 3 is 2.62 bits per heavy atom. The number of hydrogen-bond acceptors (Lipinski definition) is 3. The van der Waals surface area contributed by atoms with Gasteiger partial charge in [0.2, 0.25) is 0 Å². The second-order valence-electron chi connectivity index (χ2n) is 3.62. The van der Waals surface area contributed by atoms with Gasteiger partial charge in [-0.3, -0.25) is 4.79 Å². The number of aldehydes is 1. The normalized spacial score (nSPS) is 18.9. The summed E-state index contributed by atoms with van der Waals surface area (Å²) in [6.45, 7) is 8.19. The van der Waals surface area contributed by atoms with Gasteiger partial charge in [-0.05, 0) is 24.0 Å². The van der Waals surface area contributed by atoms with E-state index >= 15 is 0 Å². The number of hydrogen-bond donors (Lipinski definition) is 0. The van der Waals surface area contributed by atoms with E-state index in [-0.39, 0.29) is 6.17 Å². The average Bonchev–Trinajstić information content (AvgIpc) is 2.36. The van der Waals surface area contributed by atoms with Crippen molar-refractivity contribution in [2.45, 2.75) is 12.7 Å². The van der Waals surface area contributed by atoms with Crippen LogP contribution in [-0.4, -0.2) is 17.4 Å². The Morgan fingerprint density at radius 1 is 1.25 bits per heavy atom. The Bertz CT molecular complexity index is 428. The number of rotatable bonds is 3. The lowest BCUT2D eigenvalue weighted by Gasteiger charge is -2.40. The fourth-order valence-electron chi connectivity index (χ4n) is 2.01. The van der Waals surface area contributed by atoms with Gasteiger partial charge in [0, 0.05) is 12.2 Å². The van der Waals surface area contributed by atoms with Crippen LogP contribution in [0.1, 0.15) is 5.56 Å². The molecule has 1 aromatic carbocycles. The highest BCUT2D eigenvalue weighted by Crippen LogP contribution is 2.30. The highest BCUT2D eigenvalue weighted by molar-refractivity contribution is 5.70. The first-order valence-corrected chi connectivity index (χ1v) is 5.14. The molecular formula is C13H14N2O.